The van der Waals surface area contributed by atoms with Gasteiger partial charge >= 0.3 is 0 Å². The number of rotatable bonds is 1. The van der Waals surface area contributed by atoms with Gasteiger partial charge in [0.2, 0.25) is 6.79 Å². The molecule has 0 radical (unpaired) electrons. The summed E-state index contributed by atoms with van der Waals surface area (Å²) in [6, 6.07) is 10.00. The van der Waals surface area contributed by atoms with Gasteiger partial charge in [-0.1, -0.05) is 0 Å². The van der Waals surface area contributed by atoms with Gasteiger partial charge in [-0.05, 0) is 42.6 Å². The van der Waals surface area contributed by atoms with Crippen LogP contribution in [-0.4, -0.2) is 16.8 Å². The van der Waals surface area contributed by atoms with Gasteiger partial charge in [0.1, 0.15) is 0 Å². The van der Waals surface area contributed by atoms with Crippen molar-refractivity contribution in [1.29, 1.82) is 0 Å². The SMILES string of the molecule is Cc1cc2cc3c(cc2c(-c2ccncc2)n1)OCO3. The molecule has 3 aromatic rings. The van der Waals surface area contributed by atoms with E-state index in [1.54, 1.807) is 12.4 Å². The van der Waals surface area contributed by atoms with Crippen LogP contribution in [-0.2, 0) is 0 Å². The molecule has 0 atom stereocenters. The van der Waals surface area contributed by atoms with Crippen LogP contribution in [0.4, 0.5) is 0 Å². The Kier molecular flexibility index (Phi) is 2.36. The average molecular weight is 264 g/mol. The third-order valence-corrected chi connectivity index (χ3v) is 3.41. The first kappa shape index (κ1) is 11.2. The van der Waals surface area contributed by atoms with Gasteiger partial charge in [0.25, 0.3) is 0 Å². The number of aryl methyl sites for hydroxylation is 1. The van der Waals surface area contributed by atoms with Crippen molar-refractivity contribution in [2.75, 3.05) is 6.79 Å². The molecule has 0 saturated carbocycles. The third kappa shape index (κ3) is 1.69. The van der Waals surface area contributed by atoms with Gasteiger partial charge in [0.05, 0.1) is 5.69 Å². The van der Waals surface area contributed by atoms with Crippen LogP contribution in [0.1, 0.15) is 5.69 Å². The molecular weight excluding hydrogens is 252 g/mol. The molecule has 0 amide bonds. The molecule has 4 heteroatoms. The van der Waals surface area contributed by atoms with Crippen LogP contribution in [0.3, 0.4) is 0 Å². The summed E-state index contributed by atoms with van der Waals surface area (Å²) in [6.07, 6.45) is 3.55. The molecule has 0 N–H and O–H groups in total. The van der Waals surface area contributed by atoms with Crippen LogP contribution in [0.2, 0.25) is 0 Å². The van der Waals surface area contributed by atoms with Gasteiger partial charge in [0.15, 0.2) is 11.5 Å². The molecular formula is C16H12N2O2. The lowest BCUT2D eigenvalue weighted by molar-refractivity contribution is 0.174. The minimum Gasteiger partial charge on any atom is -0.454 e. The van der Waals surface area contributed by atoms with Crippen molar-refractivity contribution < 1.29 is 9.47 Å². The Morgan fingerprint density at radius 1 is 1.00 bits per heavy atom. The van der Waals surface area contributed by atoms with Crippen LogP contribution < -0.4 is 9.47 Å². The highest BCUT2D eigenvalue weighted by Crippen LogP contribution is 2.39. The highest BCUT2D eigenvalue weighted by Gasteiger charge is 2.17. The van der Waals surface area contributed by atoms with E-state index < -0.39 is 0 Å². The van der Waals surface area contributed by atoms with E-state index in [0.717, 1.165) is 39.2 Å². The molecule has 0 aliphatic carbocycles. The average Bonchev–Trinajstić information content (AvgIpc) is 2.92. The second-order valence-electron chi connectivity index (χ2n) is 4.77. The lowest BCUT2D eigenvalue weighted by Crippen LogP contribution is -1.92. The zero-order valence-corrected chi connectivity index (χ0v) is 11.0. The molecule has 4 rings (SSSR count). The highest BCUT2D eigenvalue weighted by atomic mass is 16.7. The zero-order valence-electron chi connectivity index (χ0n) is 11.0. The smallest absolute Gasteiger partial charge is 0.231 e. The lowest BCUT2D eigenvalue weighted by Gasteiger charge is -2.08. The fourth-order valence-electron chi connectivity index (χ4n) is 2.51. The van der Waals surface area contributed by atoms with Gasteiger partial charge in [0, 0.05) is 29.0 Å². The minimum atomic E-state index is 0.280. The molecule has 98 valence electrons. The first-order valence-corrected chi connectivity index (χ1v) is 6.43. The summed E-state index contributed by atoms with van der Waals surface area (Å²) in [5.74, 6) is 1.57. The van der Waals surface area contributed by atoms with Gasteiger partial charge in [-0.3, -0.25) is 9.97 Å². The highest BCUT2D eigenvalue weighted by molar-refractivity contribution is 5.97. The maximum Gasteiger partial charge on any atom is 0.231 e. The lowest BCUT2D eigenvalue weighted by atomic mass is 10.0. The molecule has 0 fully saturated rings. The van der Waals surface area contributed by atoms with Crippen molar-refractivity contribution in [2.45, 2.75) is 6.92 Å². The summed E-state index contributed by atoms with van der Waals surface area (Å²) in [4.78, 5) is 8.73. The molecule has 1 aliphatic rings. The van der Waals surface area contributed by atoms with E-state index in [9.17, 15) is 0 Å². The van der Waals surface area contributed by atoms with E-state index in [4.69, 9.17) is 9.47 Å². The molecule has 20 heavy (non-hydrogen) atoms. The second-order valence-corrected chi connectivity index (χ2v) is 4.77. The van der Waals surface area contributed by atoms with E-state index in [2.05, 4.69) is 16.0 Å². The Bertz CT molecular complexity index is 800. The summed E-state index contributed by atoms with van der Waals surface area (Å²) in [7, 11) is 0. The second kappa shape index (κ2) is 4.20. The van der Waals surface area contributed by atoms with Crippen molar-refractivity contribution in [3.63, 3.8) is 0 Å². The number of nitrogens with zero attached hydrogens (tertiary/aromatic N) is 2. The summed E-state index contributed by atoms with van der Waals surface area (Å²) in [5, 5.41) is 2.17. The topological polar surface area (TPSA) is 44.2 Å². The molecule has 0 unspecified atom stereocenters. The normalized spacial score (nSPS) is 12.8. The van der Waals surface area contributed by atoms with Gasteiger partial charge in [-0.2, -0.15) is 0 Å². The maximum atomic E-state index is 5.47. The van der Waals surface area contributed by atoms with E-state index in [-0.39, 0.29) is 6.79 Å². The Balaban J connectivity index is 2.05. The van der Waals surface area contributed by atoms with Crippen LogP contribution in [0, 0.1) is 6.92 Å². The quantitative estimate of drug-likeness (QED) is 0.676. The van der Waals surface area contributed by atoms with Gasteiger partial charge < -0.3 is 9.47 Å². The van der Waals surface area contributed by atoms with Crippen LogP contribution in [0.15, 0.2) is 42.7 Å². The van der Waals surface area contributed by atoms with E-state index >= 15 is 0 Å². The summed E-state index contributed by atoms with van der Waals surface area (Å²) in [5.41, 5.74) is 2.97. The number of aromatic nitrogens is 2. The van der Waals surface area contributed by atoms with Crippen molar-refractivity contribution >= 4 is 10.8 Å². The van der Waals surface area contributed by atoms with Crippen LogP contribution >= 0.6 is 0 Å². The molecule has 2 aromatic heterocycles. The van der Waals surface area contributed by atoms with Gasteiger partial charge in [-0.15, -0.1) is 0 Å². The maximum absolute atomic E-state index is 5.47. The van der Waals surface area contributed by atoms with Crippen molar-refractivity contribution in [3.05, 3.63) is 48.4 Å². The summed E-state index contributed by atoms with van der Waals surface area (Å²) in [6.45, 7) is 2.28. The molecule has 3 heterocycles. The van der Waals surface area contributed by atoms with Crippen molar-refractivity contribution in [1.82, 2.24) is 9.97 Å². The monoisotopic (exact) mass is 264 g/mol. The predicted octanol–water partition coefficient (Wildman–Crippen LogP) is 3.33. The van der Waals surface area contributed by atoms with E-state index in [1.165, 1.54) is 0 Å². The molecule has 0 saturated heterocycles. The Morgan fingerprint density at radius 2 is 1.75 bits per heavy atom. The summed E-state index contributed by atoms with van der Waals surface area (Å²) >= 11 is 0. The predicted molar refractivity (Wildman–Crippen MR) is 75.8 cm³/mol. The van der Waals surface area contributed by atoms with Crippen molar-refractivity contribution in [3.8, 4) is 22.8 Å². The number of benzene rings is 1. The first-order valence-electron chi connectivity index (χ1n) is 6.43. The fourth-order valence-corrected chi connectivity index (χ4v) is 2.51. The fraction of sp³-hybridized carbons (Fsp3) is 0.125. The Morgan fingerprint density at radius 3 is 2.55 bits per heavy atom. The molecule has 1 aliphatic heterocycles. The molecule has 1 aromatic carbocycles. The van der Waals surface area contributed by atoms with Crippen molar-refractivity contribution in [2.24, 2.45) is 0 Å². The standard InChI is InChI=1S/C16H12N2O2/c1-10-6-12-7-14-15(20-9-19-14)8-13(12)16(18-10)11-2-4-17-5-3-11/h2-8H,9H2,1H3. The number of hydrogen-bond acceptors (Lipinski definition) is 4. The third-order valence-electron chi connectivity index (χ3n) is 3.41. The minimum absolute atomic E-state index is 0.280. The number of pyridine rings is 2. The zero-order chi connectivity index (χ0) is 13.5. The molecule has 0 bridgehead atoms. The number of ether oxygens (including phenoxy) is 2. The van der Waals surface area contributed by atoms with Crippen LogP contribution in [0.5, 0.6) is 11.5 Å². The largest absolute Gasteiger partial charge is 0.454 e. The molecule has 4 nitrogen and oxygen atoms in total. The Hall–Kier alpha value is -2.62. The number of hydrogen-bond donors (Lipinski definition) is 0. The van der Waals surface area contributed by atoms with E-state index in [0.29, 0.717) is 0 Å². The summed E-state index contributed by atoms with van der Waals surface area (Å²) < 4.78 is 10.9. The Labute approximate surface area is 116 Å². The molecule has 0 spiro atoms. The van der Waals surface area contributed by atoms with E-state index in [1.807, 2.05) is 31.2 Å². The van der Waals surface area contributed by atoms with Crippen LogP contribution in [0.25, 0.3) is 22.0 Å². The number of fused-ring (bicyclic) bond motifs is 2. The van der Waals surface area contributed by atoms with Gasteiger partial charge in [-0.25, -0.2) is 0 Å². The first-order chi connectivity index (χ1) is 9.81.